The molecule has 0 unspecified atom stereocenters. The van der Waals surface area contributed by atoms with Crippen LogP contribution in [-0.4, -0.2) is 46.1 Å². The van der Waals surface area contributed by atoms with Crippen LogP contribution in [0.2, 0.25) is 0 Å². The number of rotatable bonds is 14. The summed E-state index contributed by atoms with van der Waals surface area (Å²) in [6, 6.07) is 5.39. The van der Waals surface area contributed by atoms with Crippen LogP contribution in [0.5, 0.6) is 0 Å². The molecule has 11 rings (SSSR count). The lowest BCUT2D eigenvalue weighted by Crippen LogP contribution is -2.52. The maximum atomic E-state index is 3.30. The van der Waals surface area contributed by atoms with Crippen molar-refractivity contribution in [2.75, 3.05) is 0 Å². The predicted molar refractivity (Wildman–Crippen MR) is 308 cm³/mol. The molecule has 0 bridgehead atoms. The molecule has 0 aromatic heterocycles. The molecule has 11 aliphatic rings. The van der Waals surface area contributed by atoms with Gasteiger partial charge in [0.25, 0.3) is 0 Å². The summed E-state index contributed by atoms with van der Waals surface area (Å²) in [5, 5.41) is 0. The van der Waals surface area contributed by atoms with Crippen molar-refractivity contribution in [2.45, 2.75) is 357 Å². The molecule has 11 aliphatic carbocycles. The molecule has 2 nitrogen and oxygen atoms in total. The van der Waals surface area contributed by atoms with Crippen LogP contribution in [0.1, 0.15) is 321 Å². The second-order valence-electron chi connectivity index (χ2n) is 29.1. The summed E-state index contributed by atoms with van der Waals surface area (Å²) in [5.41, 5.74) is 4.00. The molecule has 0 aliphatic heterocycles. The van der Waals surface area contributed by atoms with Crippen molar-refractivity contribution in [2.24, 2.45) is 59.2 Å². The van der Waals surface area contributed by atoms with Crippen LogP contribution in [0, 0.1) is 59.2 Å². The Morgan fingerprint density at radius 3 is 0.639 bits per heavy atom. The lowest BCUT2D eigenvalue weighted by Gasteiger charge is -2.50. The molecule has 11 fully saturated rings. The van der Waals surface area contributed by atoms with E-state index in [-0.39, 0.29) is 0 Å². The highest BCUT2D eigenvalue weighted by Gasteiger charge is 2.42. The highest BCUT2D eigenvalue weighted by molar-refractivity contribution is 5.17. The van der Waals surface area contributed by atoms with Gasteiger partial charge in [0.1, 0.15) is 0 Å². The number of hydrogen-bond donors (Lipinski definition) is 0. The van der Waals surface area contributed by atoms with E-state index in [4.69, 9.17) is 0 Å². The van der Waals surface area contributed by atoms with Crippen LogP contribution >= 0.6 is 0 Å². The summed E-state index contributed by atoms with van der Waals surface area (Å²) in [5.74, 6) is 9.77. The Kier molecular flexibility index (Phi) is 20.3. The van der Waals surface area contributed by atoms with Crippen LogP contribution in [-0.2, 0) is 0 Å². The maximum Gasteiger partial charge on any atom is 0.0102 e. The monoisotopic (exact) mass is 987 g/mol. The van der Waals surface area contributed by atoms with Crippen molar-refractivity contribution in [3.05, 3.63) is 23.3 Å². The second kappa shape index (κ2) is 27.3. The van der Waals surface area contributed by atoms with E-state index in [1.54, 1.807) is 51.4 Å². The van der Waals surface area contributed by atoms with Crippen LogP contribution in [0.25, 0.3) is 0 Å². The van der Waals surface area contributed by atoms with E-state index < -0.39 is 0 Å². The zero-order chi connectivity index (χ0) is 48.3. The molecular weight excluding hydrogens is 869 g/mol. The van der Waals surface area contributed by atoms with Crippen LogP contribution in [0.3, 0.4) is 0 Å². The van der Waals surface area contributed by atoms with E-state index >= 15 is 0 Å². The molecule has 0 atom stereocenters. The van der Waals surface area contributed by atoms with Gasteiger partial charge in [-0.1, -0.05) is 139 Å². The molecule has 0 radical (unpaired) electrons. The molecule has 0 heterocycles. The molecule has 0 N–H and O–H groups in total. The molecule has 0 spiro atoms. The topological polar surface area (TPSA) is 6.48 Å². The van der Waals surface area contributed by atoms with Gasteiger partial charge in [-0.15, -0.1) is 0 Å². The third-order valence-electron chi connectivity index (χ3n) is 25.0. The van der Waals surface area contributed by atoms with Gasteiger partial charge in [-0.05, 0) is 265 Å². The summed E-state index contributed by atoms with van der Waals surface area (Å²) < 4.78 is 0. The zero-order valence-electron chi connectivity index (χ0n) is 47.6. The van der Waals surface area contributed by atoms with Gasteiger partial charge < -0.3 is 0 Å². The maximum absolute atomic E-state index is 3.30. The average molecular weight is 988 g/mol. The van der Waals surface area contributed by atoms with Gasteiger partial charge in [0.15, 0.2) is 0 Å². The van der Waals surface area contributed by atoms with Crippen molar-refractivity contribution in [3.63, 3.8) is 0 Å². The summed E-state index contributed by atoms with van der Waals surface area (Å²) in [6.07, 6.45) is 81.9. The van der Waals surface area contributed by atoms with Crippen molar-refractivity contribution in [1.29, 1.82) is 0 Å². The Labute approximate surface area is 447 Å². The quantitative estimate of drug-likeness (QED) is 0.160. The van der Waals surface area contributed by atoms with Crippen molar-refractivity contribution in [1.82, 2.24) is 9.80 Å². The van der Waals surface area contributed by atoms with Crippen molar-refractivity contribution >= 4 is 0 Å². The zero-order valence-corrected chi connectivity index (χ0v) is 47.6. The molecule has 0 amide bonds. The summed E-state index contributed by atoms with van der Waals surface area (Å²) >= 11 is 0. The molecule has 11 saturated carbocycles. The fourth-order valence-corrected chi connectivity index (χ4v) is 21.0. The fraction of sp³-hybridized carbons (Fsp3) is 0.943. The van der Waals surface area contributed by atoms with Gasteiger partial charge in [0.05, 0.1) is 0 Å². The Bertz CT molecular complexity index is 1420. The summed E-state index contributed by atoms with van der Waals surface area (Å²) in [7, 11) is 0. The summed E-state index contributed by atoms with van der Waals surface area (Å²) in [4.78, 5) is 6.60. The van der Waals surface area contributed by atoms with Gasteiger partial charge in [-0.25, -0.2) is 0 Å². The van der Waals surface area contributed by atoms with E-state index in [0.717, 1.165) is 95.4 Å². The molecule has 0 aromatic carbocycles. The molecule has 0 aromatic rings. The minimum absolute atomic E-state index is 0.887. The third-order valence-corrected chi connectivity index (χ3v) is 25.0. The first kappa shape index (κ1) is 53.4. The smallest absolute Gasteiger partial charge is 0.0102 e. The molecule has 408 valence electrons. The van der Waals surface area contributed by atoms with Gasteiger partial charge in [-0.2, -0.15) is 0 Å². The Morgan fingerprint density at radius 2 is 0.389 bits per heavy atom. The fourth-order valence-electron chi connectivity index (χ4n) is 21.0. The predicted octanol–water partition coefficient (Wildman–Crippen LogP) is 20.5. The van der Waals surface area contributed by atoms with E-state index in [0.29, 0.717) is 0 Å². The highest BCUT2D eigenvalue weighted by Crippen LogP contribution is 2.50. The summed E-state index contributed by atoms with van der Waals surface area (Å²) in [6.45, 7) is 0. The van der Waals surface area contributed by atoms with Gasteiger partial charge >= 0.3 is 0 Å². The van der Waals surface area contributed by atoms with Crippen LogP contribution in [0.4, 0.5) is 0 Å². The molecular formula is C70H118N2. The SMILES string of the molecule is C(=C(C1CCCCC1)C1CCCCC1)C1CCC(N(C2CCCCC2)C2CCC(C3CCC(C4CCC(N(C5CCCCC5)C5CCC(C=C(C6CCCCC6)C6CCCCC6)CC5)CC4)CC3)CC2)CC1. The molecule has 72 heavy (non-hydrogen) atoms. The van der Waals surface area contributed by atoms with E-state index in [9.17, 15) is 0 Å². The third kappa shape index (κ3) is 13.8. The standard InChI is InChI=1S/C70H118N2/c1-7-19-59(20-8-1)69(60-21-9-2-10-22-60)51-53-31-43-65(44-32-53)71(63-27-15-5-16-28-63)67-47-39-57(40-48-67)55-35-37-56(38-36-55)58-41-49-68(50-42-58)72(64-29-17-6-18-30-64)66-45-33-54(34-46-66)52-70(61-23-11-3-12-24-61)62-25-13-4-14-26-62/h51-68H,1-50H2. The van der Waals surface area contributed by atoms with Gasteiger partial charge in [-0.3, -0.25) is 9.80 Å². The van der Waals surface area contributed by atoms with Crippen LogP contribution < -0.4 is 0 Å². The minimum atomic E-state index is 0.887. The van der Waals surface area contributed by atoms with Gasteiger partial charge in [0.2, 0.25) is 0 Å². The largest absolute Gasteiger partial charge is 0.294 e. The Balaban J connectivity index is 0.647. The molecule has 2 heteroatoms. The number of nitrogens with zero attached hydrogens (tertiary/aromatic N) is 2. The Hall–Kier alpha value is -0.600. The van der Waals surface area contributed by atoms with E-state index in [2.05, 4.69) is 22.0 Å². The lowest BCUT2D eigenvalue weighted by molar-refractivity contribution is -0.00153. The lowest BCUT2D eigenvalue weighted by atomic mass is 9.65. The normalized spacial score (nSPS) is 37.6. The first-order valence-corrected chi connectivity index (χ1v) is 34.7. The van der Waals surface area contributed by atoms with E-state index in [1.807, 2.05) is 11.1 Å². The first-order chi connectivity index (χ1) is 35.7. The van der Waals surface area contributed by atoms with Crippen molar-refractivity contribution < 1.29 is 0 Å². The number of allylic oxidation sites excluding steroid dienone is 4. The van der Waals surface area contributed by atoms with E-state index in [1.165, 1.54) is 270 Å². The second-order valence-corrected chi connectivity index (χ2v) is 29.1. The minimum Gasteiger partial charge on any atom is -0.294 e. The highest BCUT2D eigenvalue weighted by atomic mass is 15.2. The number of hydrogen-bond acceptors (Lipinski definition) is 2. The van der Waals surface area contributed by atoms with Gasteiger partial charge in [0, 0.05) is 36.3 Å². The van der Waals surface area contributed by atoms with Crippen LogP contribution in [0.15, 0.2) is 23.3 Å². The molecule has 0 saturated heterocycles. The first-order valence-electron chi connectivity index (χ1n) is 34.7. The Morgan fingerprint density at radius 1 is 0.194 bits per heavy atom. The average Bonchev–Trinajstić information content (AvgIpc) is 3.47. The van der Waals surface area contributed by atoms with Crippen molar-refractivity contribution in [3.8, 4) is 0 Å².